The van der Waals surface area contributed by atoms with Crippen LogP contribution in [-0.2, 0) is 6.42 Å². The van der Waals surface area contributed by atoms with Crippen molar-refractivity contribution in [2.24, 2.45) is 0 Å². The zero-order valence-corrected chi connectivity index (χ0v) is 10.7. The maximum absolute atomic E-state index is 6.05. The second-order valence-corrected chi connectivity index (χ2v) is 4.61. The van der Waals surface area contributed by atoms with Crippen molar-refractivity contribution in [1.82, 2.24) is 10.1 Å². The first-order valence-corrected chi connectivity index (χ1v) is 6.14. The summed E-state index contributed by atoms with van der Waals surface area (Å²) in [7, 11) is 0. The van der Waals surface area contributed by atoms with Gasteiger partial charge in [-0.2, -0.15) is 4.98 Å². The van der Waals surface area contributed by atoms with Crippen LogP contribution in [0.3, 0.4) is 0 Å². The van der Waals surface area contributed by atoms with Crippen molar-refractivity contribution in [3.63, 3.8) is 0 Å². The summed E-state index contributed by atoms with van der Waals surface area (Å²) in [5.74, 6) is 1.20. The van der Waals surface area contributed by atoms with E-state index >= 15 is 0 Å². The summed E-state index contributed by atoms with van der Waals surface area (Å²) < 4.78 is 5.19. The van der Waals surface area contributed by atoms with Gasteiger partial charge in [0.1, 0.15) is 0 Å². The third kappa shape index (κ3) is 3.07. The van der Waals surface area contributed by atoms with Crippen molar-refractivity contribution in [1.29, 1.82) is 0 Å². The van der Waals surface area contributed by atoms with Gasteiger partial charge in [0, 0.05) is 0 Å². The molecule has 90 valence electrons. The summed E-state index contributed by atoms with van der Waals surface area (Å²) in [5.41, 5.74) is 2.40. The first-order chi connectivity index (χ1) is 8.19. The van der Waals surface area contributed by atoms with Crippen LogP contribution >= 0.6 is 11.6 Å². The summed E-state index contributed by atoms with van der Waals surface area (Å²) >= 11 is 6.05. The van der Waals surface area contributed by atoms with Gasteiger partial charge in [-0.05, 0) is 18.9 Å². The summed E-state index contributed by atoms with van der Waals surface area (Å²) in [6.07, 6.45) is 1.45. The predicted octanol–water partition coefficient (Wildman–Crippen LogP) is 3.66. The van der Waals surface area contributed by atoms with Gasteiger partial charge in [0.05, 0.1) is 11.8 Å². The fraction of sp³-hybridized carbons (Fsp3) is 0.385. The molecule has 1 aromatic heterocycles. The number of benzene rings is 1. The average molecular weight is 251 g/mol. The highest BCUT2D eigenvalue weighted by Crippen LogP contribution is 2.21. The predicted molar refractivity (Wildman–Crippen MR) is 67.2 cm³/mol. The van der Waals surface area contributed by atoms with Crippen LogP contribution in [0, 0.1) is 6.92 Å². The molecule has 0 amide bonds. The minimum Gasteiger partial charge on any atom is -0.339 e. The fourth-order valence-corrected chi connectivity index (χ4v) is 1.74. The minimum absolute atomic E-state index is 0.162. The highest BCUT2D eigenvalue weighted by atomic mass is 35.5. The quantitative estimate of drug-likeness (QED) is 0.778. The third-order valence-electron chi connectivity index (χ3n) is 2.56. The fourth-order valence-electron chi connectivity index (χ4n) is 1.65. The zero-order chi connectivity index (χ0) is 12.3. The molecule has 0 aliphatic heterocycles. The van der Waals surface area contributed by atoms with Crippen LogP contribution in [0.15, 0.2) is 28.8 Å². The molecule has 0 aliphatic rings. The normalized spacial score (nSPS) is 12.6. The van der Waals surface area contributed by atoms with Gasteiger partial charge in [-0.3, -0.25) is 0 Å². The number of hydrogen-bond donors (Lipinski definition) is 0. The largest absolute Gasteiger partial charge is 0.339 e. The smallest absolute Gasteiger partial charge is 0.231 e. The lowest BCUT2D eigenvalue weighted by Crippen LogP contribution is -1.93. The molecule has 0 radical (unpaired) electrons. The Labute approximate surface area is 106 Å². The SMILES string of the molecule is CCC(Cl)c1noc(Cc2cccc(C)c2)n1. The lowest BCUT2D eigenvalue weighted by atomic mass is 10.1. The number of halogens is 1. The Morgan fingerprint density at radius 2 is 2.24 bits per heavy atom. The van der Waals surface area contributed by atoms with Gasteiger partial charge < -0.3 is 4.52 Å². The Morgan fingerprint density at radius 3 is 2.94 bits per heavy atom. The Hall–Kier alpha value is -1.35. The van der Waals surface area contributed by atoms with Crippen LogP contribution in [0.4, 0.5) is 0 Å². The molecule has 0 bridgehead atoms. The van der Waals surface area contributed by atoms with E-state index in [2.05, 4.69) is 35.3 Å². The van der Waals surface area contributed by atoms with Gasteiger partial charge in [-0.1, -0.05) is 41.9 Å². The zero-order valence-electron chi connectivity index (χ0n) is 9.98. The van der Waals surface area contributed by atoms with E-state index in [9.17, 15) is 0 Å². The van der Waals surface area contributed by atoms with E-state index in [0.717, 1.165) is 6.42 Å². The number of aryl methyl sites for hydroxylation is 1. The van der Waals surface area contributed by atoms with Crippen LogP contribution in [0.5, 0.6) is 0 Å². The summed E-state index contributed by atoms with van der Waals surface area (Å²) in [6, 6.07) is 8.25. The summed E-state index contributed by atoms with van der Waals surface area (Å²) in [5, 5.41) is 3.73. The maximum atomic E-state index is 6.05. The van der Waals surface area contributed by atoms with Crippen molar-refractivity contribution in [2.75, 3.05) is 0 Å². The van der Waals surface area contributed by atoms with Crippen molar-refractivity contribution >= 4 is 11.6 Å². The van der Waals surface area contributed by atoms with Crippen LogP contribution in [0.1, 0.15) is 41.6 Å². The Bertz CT molecular complexity index is 496. The number of alkyl halides is 1. The van der Waals surface area contributed by atoms with Crippen LogP contribution in [-0.4, -0.2) is 10.1 Å². The van der Waals surface area contributed by atoms with E-state index < -0.39 is 0 Å². The van der Waals surface area contributed by atoms with Crippen LogP contribution in [0.25, 0.3) is 0 Å². The molecule has 0 spiro atoms. The third-order valence-corrected chi connectivity index (χ3v) is 3.06. The van der Waals surface area contributed by atoms with Gasteiger partial charge >= 0.3 is 0 Å². The number of aromatic nitrogens is 2. The van der Waals surface area contributed by atoms with E-state index in [-0.39, 0.29) is 5.38 Å². The molecule has 0 N–H and O–H groups in total. The lowest BCUT2D eigenvalue weighted by molar-refractivity contribution is 0.378. The second-order valence-electron chi connectivity index (χ2n) is 4.09. The van der Waals surface area contributed by atoms with Gasteiger partial charge in [-0.15, -0.1) is 11.6 Å². The molecule has 0 fully saturated rings. The van der Waals surface area contributed by atoms with Gasteiger partial charge in [-0.25, -0.2) is 0 Å². The van der Waals surface area contributed by atoms with Gasteiger partial charge in [0.2, 0.25) is 5.89 Å². The van der Waals surface area contributed by atoms with E-state index in [1.54, 1.807) is 0 Å². The molecule has 1 aromatic carbocycles. The number of nitrogens with zero attached hydrogens (tertiary/aromatic N) is 2. The monoisotopic (exact) mass is 250 g/mol. The highest BCUT2D eigenvalue weighted by Gasteiger charge is 2.13. The van der Waals surface area contributed by atoms with Crippen LogP contribution in [0.2, 0.25) is 0 Å². The summed E-state index contributed by atoms with van der Waals surface area (Å²) in [6.45, 7) is 4.06. The molecule has 0 saturated carbocycles. The van der Waals surface area contributed by atoms with Gasteiger partial charge in [0.15, 0.2) is 5.82 Å². The molecular weight excluding hydrogens is 236 g/mol. The minimum atomic E-state index is -0.162. The Kier molecular flexibility index (Phi) is 3.79. The highest BCUT2D eigenvalue weighted by molar-refractivity contribution is 6.20. The number of hydrogen-bond acceptors (Lipinski definition) is 3. The lowest BCUT2D eigenvalue weighted by Gasteiger charge is -1.98. The molecule has 2 rings (SSSR count). The Balaban J connectivity index is 2.11. The molecule has 0 aliphatic carbocycles. The molecule has 4 heteroatoms. The molecule has 3 nitrogen and oxygen atoms in total. The average Bonchev–Trinajstić information content (AvgIpc) is 2.76. The first-order valence-electron chi connectivity index (χ1n) is 5.71. The topological polar surface area (TPSA) is 38.9 Å². The molecular formula is C13H15ClN2O. The Morgan fingerprint density at radius 1 is 1.41 bits per heavy atom. The molecule has 1 unspecified atom stereocenters. The molecule has 1 heterocycles. The van der Waals surface area contributed by atoms with E-state index in [0.29, 0.717) is 18.1 Å². The van der Waals surface area contributed by atoms with Crippen molar-refractivity contribution in [3.8, 4) is 0 Å². The first kappa shape index (κ1) is 12.1. The van der Waals surface area contributed by atoms with Crippen molar-refractivity contribution in [2.45, 2.75) is 32.1 Å². The van der Waals surface area contributed by atoms with E-state index in [1.807, 2.05) is 13.0 Å². The molecule has 1 atom stereocenters. The molecule has 0 saturated heterocycles. The van der Waals surface area contributed by atoms with E-state index in [4.69, 9.17) is 16.1 Å². The van der Waals surface area contributed by atoms with Crippen LogP contribution < -0.4 is 0 Å². The van der Waals surface area contributed by atoms with E-state index in [1.165, 1.54) is 11.1 Å². The van der Waals surface area contributed by atoms with Crippen molar-refractivity contribution < 1.29 is 4.52 Å². The number of rotatable bonds is 4. The summed E-state index contributed by atoms with van der Waals surface area (Å²) in [4.78, 5) is 4.30. The van der Waals surface area contributed by atoms with Gasteiger partial charge in [0.25, 0.3) is 0 Å². The molecule has 2 aromatic rings. The standard InChI is InChI=1S/C13H15ClN2O/c1-3-11(14)13-15-12(17-16-13)8-10-6-4-5-9(2)7-10/h4-7,11H,3,8H2,1-2H3. The van der Waals surface area contributed by atoms with Crippen molar-refractivity contribution in [3.05, 3.63) is 47.1 Å². The maximum Gasteiger partial charge on any atom is 0.231 e. The second kappa shape index (κ2) is 5.32. The molecule has 17 heavy (non-hydrogen) atoms.